The lowest BCUT2D eigenvalue weighted by atomic mass is 10.3. The maximum atomic E-state index is 11.4. The summed E-state index contributed by atoms with van der Waals surface area (Å²) in [5.41, 5.74) is 0.429. The summed E-state index contributed by atoms with van der Waals surface area (Å²) in [6.07, 6.45) is 4.79. The molecule has 0 saturated carbocycles. The van der Waals surface area contributed by atoms with Gasteiger partial charge in [-0.1, -0.05) is 6.92 Å². The highest BCUT2D eigenvalue weighted by atomic mass is 16.1. The fraction of sp³-hybridized carbons (Fsp3) is 0.375. The number of aryl methyl sites for hydroxylation is 1. The molecule has 68 valence electrons. The zero-order chi connectivity index (χ0) is 9.26. The molecule has 2 rings (SSSR count). The summed E-state index contributed by atoms with van der Waals surface area (Å²) in [5, 5.41) is 0. The van der Waals surface area contributed by atoms with Crippen molar-refractivity contribution in [3.63, 3.8) is 0 Å². The fourth-order valence-corrected chi connectivity index (χ4v) is 1.23. The van der Waals surface area contributed by atoms with Gasteiger partial charge >= 0.3 is 5.69 Å². The van der Waals surface area contributed by atoms with Crippen LogP contribution in [0.1, 0.15) is 19.2 Å². The van der Waals surface area contributed by atoms with Gasteiger partial charge < -0.3 is 0 Å². The zero-order valence-electron chi connectivity index (χ0n) is 7.32. The van der Waals surface area contributed by atoms with Gasteiger partial charge in [0.25, 0.3) is 0 Å². The third kappa shape index (κ3) is 1.32. The number of hydrogen-bond acceptors (Lipinski definition) is 3. The average molecular weight is 178 g/mol. The first-order chi connectivity index (χ1) is 6.31. The van der Waals surface area contributed by atoms with Crippen molar-refractivity contribution < 1.29 is 0 Å². The monoisotopic (exact) mass is 178 g/mol. The molecule has 0 amide bonds. The molecule has 2 aromatic heterocycles. The van der Waals surface area contributed by atoms with Crippen molar-refractivity contribution >= 4 is 5.65 Å². The van der Waals surface area contributed by atoms with Crippen LogP contribution >= 0.6 is 0 Å². The van der Waals surface area contributed by atoms with E-state index >= 15 is 0 Å². The number of nitrogens with one attached hydrogen (secondary N) is 1. The Labute approximate surface area is 74.5 Å². The number of H-pyrrole nitrogens is 1. The molecule has 0 aromatic carbocycles. The summed E-state index contributed by atoms with van der Waals surface area (Å²) in [4.78, 5) is 22.1. The lowest BCUT2D eigenvalue weighted by Crippen LogP contribution is -2.18. The quantitative estimate of drug-likeness (QED) is 0.722. The lowest BCUT2D eigenvalue weighted by Gasteiger charge is -1.97. The average Bonchev–Trinajstić information content (AvgIpc) is 2.53. The van der Waals surface area contributed by atoms with Gasteiger partial charge in [0.2, 0.25) is 0 Å². The molecule has 0 aliphatic carbocycles. The van der Waals surface area contributed by atoms with Crippen LogP contribution in [0.15, 0.2) is 17.3 Å². The van der Waals surface area contributed by atoms with E-state index in [1.165, 1.54) is 10.7 Å². The van der Waals surface area contributed by atoms with Gasteiger partial charge in [-0.05, 0) is 6.42 Å². The van der Waals surface area contributed by atoms with Crippen molar-refractivity contribution in [2.24, 2.45) is 0 Å². The van der Waals surface area contributed by atoms with Crippen molar-refractivity contribution in [3.05, 3.63) is 28.8 Å². The highest BCUT2D eigenvalue weighted by Gasteiger charge is 2.01. The number of hydrogen-bond donors (Lipinski definition) is 1. The van der Waals surface area contributed by atoms with Crippen LogP contribution in [0.3, 0.4) is 0 Å². The molecule has 0 bridgehead atoms. The highest BCUT2D eigenvalue weighted by Crippen LogP contribution is 1.96. The molecule has 0 atom stereocenters. The Morgan fingerprint density at radius 3 is 3.23 bits per heavy atom. The summed E-state index contributed by atoms with van der Waals surface area (Å²) in [7, 11) is 0. The first kappa shape index (κ1) is 7.97. The van der Waals surface area contributed by atoms with Crippen molar-refractivity contribution in [1.82, 2.24) is 19.4 Å². The second-order valence-corrected chi connectivity index (χ2v) is 2.86. The summed E-state index contributed by atoms with van der Waals surface area (Å²) in [6.45, 7) is 2.04. The minimum Gasteiger partial charge on any atom is -0.295 e. The minimum atomic E-state index is -0.175. The van der Waals surface area contributed by atoms with Gasteiger partial charge in [0.05, 0.1) is 6.20 Å². The van der Waals surface area contributed by atoms with E-state index in [0.29, 0.717) is 5.65 Å². The molecule has 13 heavy (non-hydrogen) atoms. The molecule has 0 fully saturated rings. The molecule has 0 radical (unpaired) electrons. The SMILES string of the molecule is CCCc1nc2cncn2c(=O)[nH]1. The molecular formula is C8H10N4O. The Hall–Kier alpha value is -1.65. The lowest BCUT2D eigenvalue weighted by molar-refractivity contribution is 0.799. The second kappa shape index (κ2) is 3.01. The number of rotatable bonds is 2. The van der Waals surface area contributed by atoms with Gasteiger partial charge in [-0.15, -0.1) is 0 Å². The number of nitrogens with zero attached hydrogens (tertiary/aromatic N) is 3. The molecule has 0 saturated heterocycles. The first-order valence-electron chi connectivity index (χ1n) is 4.22. The van der Waals surface area contributed by atoms with E-state index in [0.717, 1.165) is 18.7 Å². The van der Waals surface area contributed by atoms with E-state index < -0.39 is 0 Å². The summed E-state index contributed by atoms with van der Waals surface area (Å²) >= 11 is 0. The Morgan fingerprint density at radius 2 is 2.46 bits per heavy atom. The first-order valence-corrected chi connectivity index (χ1v) is 4.22. The van der Waals surface area contributed by atoms with Crippen LogP contribution in [0, 0.1) is 0 Å². The molecule has 0 spiro atoms. The van der Waals surface area contributed by atoms with Crippen molar-refractivity contribution in [3.8, 4) is 0 Å². The fourth-order valence-electron chi connectivity index (χ4n) is 1.23. The van der Waals surface area contributed by atoms with Crippen LogP contribution in [-0.2, 0) is 6.42 Å². The van der Waals surface area contributed by atoms with Gasteiger partial charge in [0, 0.05) is 6.42 Å². The maximum absolute atomic E-state index is 11.4. The van der Waals surface area contributed by atoms with E-state index in [-0.39, 0.29) is 5.69 Å². The number of fused-ring (bicyclic) bond motifs is 1. The smallest absolute Gasteiger partial charge is 0.295 e. The molecule has 0 aliphatic rings. The van der Waals surface area contributed by atoms with Gasteiger partial charge in [-0.25, -0.2) is 19.2 Å². The van der Waals surface area contributed by atoms with E-state index in [1.807, 2.05) is 6.92 Å². The van der Waals surface area contributed by atoms with Crippen LogP contribution < -0.4 is 5.69 Å². The van der Waals surface area contributed by atoms with Crippen LogP contribution in [0.4, 0.5) is 0 Å². The Balaban J connectivity index is 2.63. The summed E-state index contributed by atoms with van der Waals surface area (Å²) in [5.74, 6) is 0.723. The molecule has 2 aromatic rings. The topological polar surface area (TPSA) is 63.1 Å². The normalized spacial score (nSPS) is 10.8. The molecular weight excluding hydrogens is 168 g/mol. The van der Waals surface area contributed by atoms with E-state index in [4.69, 9.17) is 0 Å². The molecule has 5 nitrogen and oxygen atoms in total. The summed E-state index contributed by atoms with van der Waals surface area (Å²) in [6, 6.07) is 0. The highest BCUT2D eigenvalue weighted by molar-refractivity contribution is 5.33. The Kier molecular flexibility index (Phi) is 1.84. The van der Waals surface area contributed by atoms with Gasteiger partial charge in [0.15, 0.2) is 5.65 Å². The molecule has 2 heterocycles. The third-order valence-corrected chi connectivity index (χ3v) is 1.83. The molecule has 1 N–H and O–H groups in total. The number of aromatic amines is 1. The summed E-state index contributed by atoms with van der Waals surface area (Å²) < 4.78 is 1.39. The van der Waals surface area contributed by atoms with Crippen LogP contribution in [-0.4, -0.2) is 19.4 Å². The van der Waals surface area contributed by atoms with Crippen LogP contribution in [0.5, 0.6) is 0 Å². The predicted octanol–water partition coefficient (Wildman–Crippen LogP) is 0.370. The second-order valence-electron chi connectivity index (χ2n) is 2.86. The van der Waals surface area contributed by atoms with Crippen molar-refractivity contribution in [2.45, 2.75) is 19.8 Å². The van der Waals surface area contributed by atoms with Crippen LogP contribution in [0.2, 0.25) is 0 Å². The van der Waals surface area contributed by atoms with E-state index in [9.17, 15) is 4.79 Å². The van der Waals surface area contributed by atoms with Crippen molar-refractivity contribution in [2.75, 3.05) is 0 Å². The molecule has 5 heteroatoms. The Bertz CT molecular complexity index is 470. The maximum Gasteiger partial charge on any atom is 0.333 e. The van der Waals surface area contributed by atoms with Gasteiger partial charge in [-0.3, -0.25) is 4.98 Å². The zero-order valence-corrected chi connectivity index (χ0v) is 7.32. The standard InChI is InChI=1S/C8H10N4O/c1-2-3-6-10-7-4-9-5-12(7)8(13)11-6/h4-5H,2-3H2,1H3,(H,10,11,13). The van der Waals surface area contributed by atoms with Crippen molar-refractivity contribution in [1.29, 1.82) is 0 Å². The largest absolute Gasteiger partial charge is 0.333 e. The van der Waals surface area contributed by atoms with E-state index in [2.05, 4.69) is 15.0 Å². The molecule has 0 aliphatic heterocycles. The Morgan fingerprint density at radius 1 is 1.62 bits per heavy atom. The predicted molar refractivity (Wildman–Crippen MR) is 47.6 cm³/mol. The van der Waals surface area contributed by atoms with Gasteiger partial charge in [0.1, 0.15) is 12.2 Å². The van der Waals surface area contributed by atoms with Gasteiger partial charge in [-0.2, -0.15) is 0 Å². The number of imidazole rings is 1. The minimum absolute atomic E-state index is 0.175. The number of aromatic nitrogens is 4. The molecule has 0 unspecified atom stereocenters. The third-order valence-electron chi connectivity index (χ3n) is 1.83. The van der Waals surface area contributed by atoms with E-state index in [1.54, 1.807) is 6.20 Å². The van der Waals surface area contributed by atoms with Crippen LogP contribution in [0.25, 0.3) is 5.65 Å².